The summed E-state index contributed by atoms with van der Waals surface area (Å²) in [6, 6.07) is 5.28. The van der Waals surface area contributed by atoms with Crippen LogP contribution in [0.25, 0.3) is 0 Å². The minimum atomic E-state index is -3.29. The Kier molecular flexibility index (Phi) is 7.93. The van der Waals surface area contributed by atoms with Gasteiger partial charge >= 0.3 is 0 Å². The SMILES string of the molecule is CN=C(NCCS(=O)(=O)NCC1CCC1)NC1CCCN(c2cc(C)ccc2F)C1. The third-order valence-corrected chi connectivity index (χ3v) is 7.26. The zero-order valence-corrected chi connectivity index (χ0v) is 18.8. The normalized spacial score (nSPS) is 20.7. The van der Waals surface area contributed by atoms with Crippen molar-refractivity contribution in [3.05, 3.63) is 29.6 Å². The Morgan fingerprint density at radius 2 is 2.07 bits per heavy atom. The van der Waals surface area contributed by atoms with E-state index in [2.05, 4.69) is 25.2 Å². The van der Waals surface area contributed by atoms with E-state index in [4.69, 9.17) is 0 Å². The van der Waals surface area contributed by atoms with Gasteiger partial charge in [-0.25, -0.2) is 17.5 Å². The van der Waals surface area contributed by atoms with Crippen LogP contribution in [0.15, 0.2) is 23.2 Å². The second-order valence-electron chi connectivity index (χ2n) is 8.35. The van der Waals surface area contributed by atoms with Gasteiger partial charge in [0.1, 0.15) is 5.82 Å². The molecule has 1 unspecified atom stereocenters. The number of nitrogens with one attached hydrogen (secondary N) is 3. The lowest BCUT2D eigenvalue weighted by atomic mass is 9.86. The second-order valence-corrected chi connectivity index (χ2v) is 10.3. The van der Waals surface area contributed by atoms with Crippen molar-refractivity contribution < 1.29 is 12.8 Å². The Bertz CT molecular complexity index is 842. The van der Waals surface area contributed by atoms with Gasteiger partial charge in [0.05, 0.1) is 11.4 Å². The first kappa shape index (κ1) is 22.8. The maximum Gasteiger partial charge on any atom is 0.213 e. The molecule has 1 aromatic carbocycles. The number of aryl methyl sites for hydroxylation is 1. The summed E-state index contributed by atoms with van der Waals surface area (Å²) in [7, 11) is -1.62. The number of hydrogen-bond acceptors (Lipinski definition) is 4. The van der Waals surface area contributed by atoms with E-state index in [9.17, 15) is 12.8 Å². The Labute approximate surface area is 179 Å². The number of halogens is 1. The van der Waals surface area contributed by atoms with Crippen molar-refractivity contribution >= 4 is 21.7 Å². The molecule has 3 N–H and O–H groups in total. The van der Waals surface area contributed by atoms with Crippen molar-refractivity contribution in [3.8, 4) is 0 Å². The Balaban J connectivity index is 1.46. The van der Waals surface area contributed by atoms with Crippen molar-refractivity contribution in [1.29, 1.82) is 0 Å². The zero-order chi connectivity index (χ0) is 21.6. The maximum atomic E-state index is 14.3. The smallest absolute Gasteiger partial charge is 0.213 e. The summed E-state index contributed by atoms with van der Waals surface area (Å²) in [5.74, 6) is 0.866. The third-order valence-electron chi connectivity index (χ3n) is 5.91. The van der Waals surface area contributed by atoms with Gasteiger partial charge in [-0.15, -0.1) is 0 Å². The fraction of sp³-hybridized carbons (Fsp3) is 0.667. The number of anilines is 1. The second kappa shape index (κ2) is 10.4. The molecule has 2 aliphatic rings. The lowest BCUT2D eigenvalue weighted by molar-refractivity contribution is 0.316. The van der Waals surface area contributed by atoms with Crippen molar-refractivity contribution in [2.24, 2.45) is 10.9 Å². The minimum absolute atomic E-state index is 0.00567. The van der Waals surface area contributed by atoms with Crippen molar-refractivity contribution in [3.63, 3.8) is 0 Å². The van der Waals surface area contributed by atoms with Gasteiger partial charge in [-0.2, -0.15) is 0 Å². The Hall–Kier alpha value is -1.87. The molecule has 0 radical (unpaired) electrons. The quantitative estimate of drug-likeness (QED) is 0.426. The summed E-state index contributed by atoms with van der Waals surface area (Å²) in [5.41, 5.74) is 1.67. The highest BCUT2D eigenvalue weighted by Crippen LogP contribution is 2.25. The summed E-state index contributed by atoms with van der Waals surface area (Å²) in [4.78, 5) is 6.28. The number of aliphatic imine (C=N–C) groups is 1. The van der Waals surface area contributed by atoms with Gasteiger partial charge in [0.2, 0.25) is 10.0 Å². The molecule has 0 bridgehead atoms. The van der Waals surface area contributed by atoms with Crippen LogP contribution in [0.3, 0.4) is 0 Å². The van der Waals surface area contributed by atoms with E-state index in [0.29, 0.717) is 30.7 Å². The van der Waals surface area contributed by atoms with Gasteiger partial charge in [-0.3, -0.25) is 4.99 Å². The molecule has 30 heavy (non-hydrogen) atoms. The molecule has 1 aromatic rings. The molecule has 0 amide bonds. The molecule has 2 fully saturated rings. The molecule has 7 nitrogen and oxygen atoms in total. The van der Waals surface area contributed by atoms with Gasteiger partial charge in [-0.05, 0) is 56.2 Å². The first-order valence-electron chi connectivity index (χ1n) is 10.8. The maximum absolute atomic E-state index is 14.3. The van der Waals surface area contributed by atoms with Crippen LogP contribution in [0, 0.1) is 18.7 Å². The van der Waals surface area contributed by atoms with Gasteiger partial charge in [0.15, 0.2) is 5.96 Å². The molecule has 1 aliphatic carbocycles. The van der Waals surface area contributed by atoms with Crippen LogP contribution in [0.2, 0.25) is 0 Å². The predicted octanol–water partition coefficient (Wildman–Crippen LogP) is 1.99. The summed E-state index contributed by atoms with van der Waals surface area (Å²) >= 11 is 0. The van der Waals surface area contributed by atoms with Crippen LogP contribution >= 0.6 is 0 Å². The lowest BCUT2D eigenvalue weighted by Gasteiger charge is -2.35. The first-order chi connectivity index (χ1) is 14.4. The Morgan fingerprint density at radius 1 is 1.27 bits per heavy atom. The van der Waals surface area contributed by atoms with Gasteiger partial charge < -0.3 is 15.5 Å². The van der Waals surface area contributed by atoms with E-state index in [0.717, 1.165) is 37.8 Å². The van der Waals surface area contributed by atoms with E-state index < -0.39 is 10.0 Å². The van der Waals surface area contributed by atoms with E-state index >= 15 is 0 Å². The van der Waals surface area contributed by atoms with Crippen LogP contribution in [0.1, 0.15) is 37.7 Å². The van der Waals surface area contributed by atoms with Crippen LogP contribution in [-0.2, 0) is 10.0 Å². The highest BCUT2D eigenvalue weighted by atomic mass is 32.2. The monoisotopic (exact) mass is 439 g/mol. The topological polar surface area (TPSA) is 85.8 Å². The fourth-order valence-corrected chi connectivity index (χ4v) is 4.89. The van der Waals surface area contributed by atoms with Crippen LogP contribution in [-0.4, -0.2) is 59.4 Å². The molecular formula is C21H34FN5O2S. The number of guanidine groups is 1. The van der Waals surface area contributed by atoms with E-state index in [1.165, 1.54) is 12.5 Å². The van der Waals surface area contributed by atoms with Gasteiger partial charge in [-0.1, -0.05) is 12.5 Å². The van der Waals surface area contributed by atoms with E-state index in [1.54, 1.807) is 13.1 Å². The highest BCUT2D eigenvalue weighted by Gasteiger charge is 2.23. The molecule has 1 saturated heterocycles. The first-order valence-corrected chi connectivity index (χ1v) is 12.5. The van der Waals surface area contributed by atoms with Gasteiger partial charge in [0.25, 0.3) is 0 Å². The predicted molar refractivity (Wildman–Crippen MR) is 120 cm³/mol. The summed E-state index contributed by atoms with van der Waals surface area (Å²) < 4.78 is 41.2. The van der Waals surface area contributed by atoms with Crippen LogP contribution < -0.4 is 20.3 Å². The molecule has 0 aromatic heterocycles. The Morgan fingerprint density at radius 3 is 2.77 bits per heavy atom. The summed E-state index contributed by atoms with van der Waals surface area (Å²) in [6.07, 6.45) is 5.32. The number of piperidine rings is 1. The molecule has 3 rings (SSSR count). The largest absolute Gasteiger partial charge is 0.367 e. The minimum Gasteiger partial charge on any atom is -0.367 e. The molecule has 1 saturated carbocycles. The summed E-state index contributed by atoms with van der Waals surface area (Å²) in [5, 5.41) is 6.44. The van der Waals surface area contributed by atoms with Gasteiger partial charge in [0, 0.05) is 39.3 Å². The average Bonchev–Trinajstić information content (AvgIpc) is 2.68. The molecule has 1 atom stereocenters. The number of hydrogen-bond donors (Lipinski definition) is 3. The molecule has 1 aliphatic heterocycles. The number of benzene rings is 1. The average molecular weight is 440 g/mol. The molecular weight excluding hydrogens is 405 g/mol. The van der Waals surface area contributed by atoms with Crippen molar-refractivity contribution in [2.75, 3.05) is 43.9 Å². The van der Waals surface area contributed by atoms with Crippen LogP contribution in [0.4, 0.5) is 10.1 Å². The van der Waals surface area contributed by atoms with E-state index in [-0.39, 0.29) is 24.2 Å². The molecule has 168 valence electrons. The molecule has 9 heteroatoms. The van der Waals surface area contributed by atoms with Crippen molar-refractivity contribution in [1.82, 2.24) is 15.4 Å². The van der Waals surface area contributed by atoms with E-state index in [1.807, 2.05) is 13.0 Å². The summed E-state index contributed by atoms with van der Waals surface area (Å²) in [6.45, 7) is 4.27. The lowest BCUT2D eigenvalue weighted by Crippen LogP contribution is -2.52. The number of nitrogens with zero attached hydrogens (tertiary/aromatic N) is 2. The molecule has 0 spiro atoms. The highest BCUT2D eigenvalue weighted by molar-refractivity contribution is 7.89. The number of rotatable bonds is 8. The van der Waals surface area contributed by atoms with Crippen LogP contribution in [0.5, 0.6) is 0 Å². The number of sulfonamides is 1. The third kappa shape index (κ3) is 6.57. The zero-order valence-electron chi connectivity index (χ0n) is 18.0. The van der Waals surface area contributed by atoms with Crippen molar-refractivity contribution in [2.45, 2.75) is 45.1 Å². The molecule has 1 heterocycles. The standard InChI is InChI=1S/C21H34FN5O2S/c1-16-8-9-19(22)20(13-16)27-11-4-7-18(15-27)26-21(23-2)24-10-12-30(28,29)25-14-17-5-3-6-17/h8-9,13,17-18,25H,3-7,10-12,14-15H2,1-2H3,(H2,23,24,26). The fourth-order valence-electron chi connectivity index (χ4n) is 3.88.